The molecule has 6 rings (SSSR count). The van der Waals surface area contributed by atoms with Gasteiger partial charge >= 0.3 is 0 Å². The van der Waals surface area contributed by atoms with Crippen LogP contribution >= 0.6 is 11.3 Å². The van der Waals surface area contributed by atoms with E-state index >= 15 is 0 Å². The zero-order valence-corrected chi connectivity index (χ0v) is 18.8. The van der Waals surface area contributed by atoms with E-state index in [-0.39, 0.29) is 24.1 Å². The van der Waals surface area contributed by atoms with Crippen LogP contribution in [-0.2, 0) is 11.4 Å². The standard InChI is InChI=1S/C26H19FN4O2S/c27-17-11-9-16(10-12-17)15-33-22-7-3-1-5-18(22)19-13-24(32)30-25-20(19)14-28-31(25)26-29-21-6-2-4-8-23(21)34-26/h1-12,14,19H,13,15H2,(H,30,32). The number of hydrogen-bond donors (Lipinski definition) is 1. The molecule has 0 bridgehead atoms. The SMILES string of the molecule is O=C1CC(c2ccccc2OCc2ccc(F)cc2)c2cnn(-c3nc4ccccc4s3)c2N1. The summed E-state index contributed by atoms with van der Waals surface area (Å²) < 4.78 is 22.1. The molecule has 3 aromatic carbocycles. The van der Waals surface area contributed by atoms with E-state index < -0.39 is 0 Å². The average molecular weight is 471 g/mol. The average Bonchev–Trinajstić information content (AvgIpc) is 3.47. The normalized spacial score (nSPS) is 15.2. The molecule has 0 saturated carbocycles. The Hall–Kier alpha value is -4.04. The summed E-state index contributed by atoms with van der Waals surface area (Å²) in [6.45, 7) is 0.300. The zero-order valence-electron chi connectivity index (χ0n) is 17.9. The summed E-state index contributed by atoms with van der Waals surface area (Å²) in [5, 5.41) is 8.26. The molecular weight excluding hydrogens is 451 g/mol. The van der Waals surface area contributed by atoms with Gasteiger partial charge in [0.2, 0.25) is 11.0 Å². The molecule has 168 valence electrons. The van der Waals surface area contributed by atoms with Crippen molar-refractivity contribution in [3.63, 3.8) is 0 Å². The Labute approximate surface area is 198 Å². The van der Waals surface area contributed by atoms with Gasteiger partial charge < -0.3 is 10.1 Å². The van der Waals surface area contributed by atoms with Crippen LogP contribution in [0.25, 0.3) is 15.3 Å². The maximum absolute atomic E-state index is 13.2. The molecule has 0 saturated heterocycles. The van der Waals surface area contributed by atoms with E-state index in [2.05, 4.69) is 15.4 Å². The van der Waals surface area contributed by atoms with Crippen molar-refractivity contribution in [3.8, 4) is 10.9 Å². The van der Waals surface area contributed by atoms with Gasteiger partial charge in [-0.1, -0.05) is 53.8 Å². The molecule has 1 aliphatic rings. The molecule has 1 aliphatic heterocycles. The van der Waals surface area contributed by atoms with E-state index in [0.29, 0.717) is 23.3 Å². The van der Waals surface area contributed by atoms with Crippen LogP contribution in [-0.4, -0.2) is 20.7 Å². The molecule has 1 N–H and O–H groups in total. The van der Waals surface area contributed by atoms with E-state index in [0.717, 1.165) is 26.9 Å². The van der Waals surface area contributed by atoms with Crippen LogP contribution in [0.15, 0.2) is 79.0 Å². The first-order chi connectivity index (χ1) is 16.7. The van der Waals surface area contributed by atoms with Gasteiger partial charge in [-0.25, -0.2) is 9.37 Å². The number of ether oxygens (including phenoxy) is 1. The highest BCUT2D eigenvalue weighted by atomic mass is 32.1. The Bertz CT molecular complexity index is 1480. The second kappa shape index (κ2) is 8.39. The number of thiazole rings is 1. The maximum Gasteiger partial charge on any atom is 0.226 e. The molecule has 6 nitrogen and oxygen atoms in total. The first kappa shape index (κ1) is 20.6. The van der Waals surface area contributed by atoms with Crippen molar-refractivity contribution in [2.24, 2.45) is 0 Å². The summed E-state index contributed by atoms with van der Waals surface area (Å²) in [6.07, 6.45) is 2.08. The number of carbonyl (C=O) groups excluding carboxylic acids is 1. The number of anilines is 1. The zero-order chi connectivity index (χ0) is 23.1. The number of rotatable bonds is 5. The van der Waals surface area contributed by atoms with Crippen LogP contribution in [0.1, 0.15) is 29.0 Å². The summed E-state index contributed by atoms with van der Waals surface area (Å²) in [7, 11) is 0. The molecule has 34 heavy (non-hydrogen) atoms. The van der Waals surface area contributed by atoms with Crippen molar-refractivity contribution in [2.75, 3.05) is 5.32 Å². The van der Waals surface area contributed by atoms with Crippen molar-refractivity contribution >= 4 is 33.3 Å². The molecular formula is C26H19FN4O2S. The Morgan fingerprint density at radius 3 is 2.68 bits per heavy atom. The molecule has 3 heterocycles. The number of benzene rings is 3. The molecule has 1 amide bonds. The number of nitrogens with zero attached hydrogens (tertiary/aromatic N) is 3. The summed E-state index contributed by atoms with van der Waals surface area (Å²) in [5.41, 5.74) is 3.58. The topological polar surface area (TPSA) is 69.0 Å². The number of carbonyl (C=O) groups is 1. The van der Waals surface area contributed by atoms with E-state index in [1.54, 1.807) is 23.0 Å². The van der Waals surface area contributed by atoms with Crippen molar-refractivity contribution in [1.29, 1.82) is 0 Å². The quantitative estimate of drug-likeness (QED) is 0.359. The summed E-state index contributed by atoms with van der Waals surface area (Å²) in [5.74, 6) is 0.735. The van der Waals surface area contributed by atoms with Gasteiger partial charge in [-0.05, 0) is 35.9 Å². The number of amides is 1. The van der Waals surface area contributed by atoms with Crippen LogP contribution in [0, 0.1) is 5.82 Å². The minimum absolute atomic E-state index is 0.0892. The van der Waals surface area contributed by atoms with Gasteiger partial charge in [0.25, 0.3) is 0 Å². The van der Waals surface area contributed by atoms with Gasteiger partial charge in [-0.15, -0.1) is 0 Å². The van der Waals surface area contributed by atoms with Crippen molar-refractivity contribution in [1.82, 2.24) is 14.8 Å². The van der Waals surface area contributed by atoms with Gasteiger partial charge in [-0.2, -0.15) is 9.78 Å². The van der Waals surface area contributed by atoms with Crippen LogP contribution in [0.4, 0.5) is 10.2 Å². The number of halogens is 1. The predicted octanol–water partition coefficient (Wildman–Crippen LogP) is 5.67. The summed E-state index contributed by atoms with van der Waals surface area (Å²) >= 11 is 1.52. The highest BCUT2D eigenvalue weighted by molar-refractivity contribution is 7.20. The fourth-order valence-corrected chi connectivity index (χ4v) is 5.16. The van der Waals surface area contributed by atoms with Gasteiger partial charge in [0.05, 0.1) is 16.4 Å². The molecule has 5 aromatic rings. The first-order valence-corrected chi connectivity index (χ1v) is 11.7. The van der Waals surface area contributed by atoms with Crippen molar-refractivity contribution in [2.45, 2.75) is 18.9 Å². The number of aromatic nitrogens is 3. The van der Waals surface area contributed by atoms with Gasteiger partial charge in [0, 0.05) is 23.5 Å². The lowest BCUT2D eigenvalue weighted by Crippen LogP contribution is -2.24. The van der Waals surface area contributed by atoms with Crippen LogP contribution in [0.3, 0.4) is 0 Å². The van der Waals surface area contributed by atoms with Crippen molar-refractivity contribution in [3.05, 3.63) is 102 Å². The number of fused-ring (bicyclic) bond motifs is 2. The molecule has 1 unspecified atom stereocenters. The Morgan fingerprint density at radius 1 is 1.03 bits per heavy atom. The van der Waals surface area contributed by atoms with Crippen LogP contribution < -0.4 is 10.1 Å². The van der Waals surface area contributed by atoms with E-state index in [1.807, 2.05) is 48.5 Å². The highest BCUT2D eigenvalue weighted by Gasteiger charge is 2.32. The summed E-state index contributed by atoms with van der Waals surface area (Å²) in [6, 6.07) is 21.8. The van der Waals surface area contributed by atoms with Crippen molar-refractivity contribution < 1.29 is 13.9 Å². The monoisotopic (exact) mass is 470 g/mol. The minimum Gasteiger partial charge on any atom is -0.489 e. The van der Waals surface area contributed by atoms with Crippen LogP contribution in [0.5, 0.6) is 5.75 Å². The molecule has 8 heteroatoms. The van der Waals surface area contributed by atoms with E-state index in [4.69, 9.17) is 4.74 Å². The molecule has 2 aromatic heterocycles. The molecule has 1 atom stereocenters. The predicted molar refractivity (Wildman–Crippen MR) is 129 cm³/mol. The molecule has 0 spiro atoms. The third-order valence-corrected chi connectivity index (χ3v) is 6.90. The molecule has 0 fully saturated rings. The molecule has 0 aliphatic carbocycles. The maximum atomic E-state index is 13.2. The second-order valence-electron chi connectivity index (χ2n) is 8.08. The third-order valence-electron chi connectivity index (χ3n) is 5.89. The lowest BCUT2D eigenvalue weighted by atomic mass is 9.87. The number of nitrogens with one attached hydrogen (secondary N) is 1. The van der Waals surface area contributed by atoms with Gasteiger partial charge in [0.1, 0.15) is 24.0 Å². The minimum atomic E-state index is -0.282. The second-order valence-corrected chi connectivity index (χ2v) is 9.09. The smallest absolute Gasteiger partial charge is 0.226 e. The van der Waals surface area contributed by atoms with Crippen LogP contribution in [0.2, 0.25) is 0 Å². The summed E-state index contributed by atoms with van der Waals surface area (Å²) in [4.78, 5) is 17.4. The fraction of sp³-hybridized carbons (Fsp3) is 0.115. The lowest BCUT2D eigenvalue weighted by molar-refractivity contribution is -0.116. The number of para-hydroxylation sites is 2. The fourth-order valence-electron chi connectivity index (χ4n) is 4.23. The largest absolute Gasteiger partial charge is 0.489 e. The number of hydrogen-bond acceptors (Lipinski definition) is 5. The van der Waals surface area contributed by atoms with E-state index in [9.17, 15) is 9.18 Å². The van der Waals surface area contributed by atoms with Gasteiger partial charge in [-0.3, -0.25) is 4.79 Å². The van der Waals surface area contributed by atoms with E-state index in [1.165, 1.54) is 23.5 Å². The Morgan fingerprint density at radius 2 is 1.82 bits per heavy atom. The highest BCUT2D eigenvalue weighted by Crippen LogP contribution is 2.42. The third kappa shape index (κ3) is 3.72. The Balaban J connectivity index is 1.35. The lowest BCUT2D eigenvalue weighted by Gasteiger charge is -2.25. The first-order valence-electron chi connectivity index (χ1n) is 10.9. The van der Waals surface area contributed by atoms with Gasteiger partial charge in [0.15, 0.2) is 0 Å². The molecule has 0 radical (unpaired) electrons. The Kier molecular flexibility index (Phi) is 5.07.